The summed E-state index contributed by atoms with van der Waals surface area (Å²) >= 11 is 3.49. The molecule has 0 saturated carbocycles. The van der Waals surface area contributed by atoms with Gasteiger partial charge in [-0.25, -0.2) is 0 Å². The molecule has 0 heterocycles. The minimum absolute atomic E-state index is 0. The Morgan fingerprint density at radius 1 is 1.04 bits per heavy atom. The number of aliphatic imine (C=N–C) groups is 1. The van der Waals surface area contributed by atoms with E-state index in [9.17, 15) is 0 Å². The van der Waals surface area contributed by atoms with E-state index in [1.165, 1.54) is 0 Å². The van der Waals surface area contributed by atoms with Crippen molar-refractivity contribution in [3.8, 4) is 17.2 Å². The maximum absolute atomic E-state index is 5.94. The Hall–Kier alpha value is -1.68. The molecule has 6 nitrogen and oxygen atoms in total. The zero-order valence-electron chi connectivity index (χ0n) is 16.5. The topological polar surface area (TPSA) is 64.1 Å². The molecule has 2 N–H and O–H groups in total. The van der Waals surface area contributed by atoms with Crippen LogP contribution in [-0.4, -0.2) is 39.9 Å². The Kier molecular flexibility index (Phi) is 11.1. The summed E-state index contributed by atoms with van der Waals surface area (Å²) in [7, 11) is 4.99. The van der Waals surface area contributed by atoms with Crippen molar-refractivity contribution >= 4 is 45.9 Å². The molecule has 1 atom stereocenters. The maximum atomic E-state index is 5.94. The van der Waals surface area contributed by atoms with Gasteiger partial charge in [0, 0.05) is 13.6 Å². The third-order valence-corrected chi connectivity index (χ3v) is 4.51. The lowest BCUT2D eigenvalue weighted by Crippen LogP contribution is -2.41. The van der Waals surface area contributed by atoms with E-state index in [2.05, 4.69) is 31.6 Å². The van der Waals surface area contributed by atoms with E-state index < -0.39 is 0 Å². The van der Waals surface area contributed by atoms with Crippen molar-refractivity contribution in [1.82, 2.24) is 10.6 Å². The molecule has 0 radical (unpaired) electrons. The van der Waals surface area contributed by atoms with Crippen LogP contribution in [-0.2, 0) is 6.54 Å². The average Bonchev–Trinajstić information content (AvgIpc) is 2.69. The molecule has 0 fully saturated rings. The first kappa shape index (κ1) is 24.4. The smallest absolute Gasteiger partial charge is 0.191 e. The molecule has 2 aromatic rings. The summed E-state index contributed by atoms with van der Waals surface area (Å²) in [4.78, 5) is 4.25. The number of rotatable bonds is 8. The molecule has 1 unspecified atom stereocenters. The van der Waals surface area contributed by atoms with Crippen LogP contribution in [0, 0.1) is 0 Å². The Labute approximate surface area is 192 Å². The van der Waals surface area contributed by atoms with Gasteiger partial charge < -0.3 is 24.8 Å². The van der Waals surface area contributed by atoms with Gasteiger partial charge in [-0.3, -0.25) is 4.99 Å². The Bertz CT molecular complexity index is 774. The first-order chi connectivity index (χ1) is 13.1. The molecule has 0 aromatic heterocycles. The molecule has 0 aliphatic rings. The SMILES string of the molecule is CN=C(NCc1ccc(OC)c(OC)c1)NCC(C)Oc1ccccc1Br.I. The molecule has 0 aliphatic heterocycles. The summed E-state index contributed by atoms with van der Waals surface area (Å²) in [5.74, 6) is 2.93. The lowest BCUT2D eigenvalue weighted by molar-refractivity contribution is 0.222. The molecular weight excluding hydrogens is 537 g/mol. The van der Waals surface area contributed by atoms with E-state index in [-0.39, 0.29) is 30.1 Å². The predicted molar refractivity (Wildman–Crippen MR) is 127 cm³/mol. The summed E-state index contributed by atoms with van der Waals surface area (Å²) in [6.45, 7) is 3.24. The highest BCUT2D eigenvalue weighted by Gasteiger charge is 2.09. The zero-order chi connectivity index (χ0) is 19.6. The highest BCUT2D eigenvalue weighted by atomic mass is 127. The lowest BCUT2D eigenvalue weighted by Gasteiger charge is -2.18. The second kappa shape index (κ2) is 12.7. The van der Waals surface area contributed by atoms with Gasteiger partial charge in [0.05, 0.1) is 25.2 Å². The normalized spacial score (nSPS) is 11.8. The van der Waals surface area contributed by atoms with E-state index in [4.69, 9.17) is 14.2 Å². The van der Waals surface area contributed by atoms with Crippen LogP contribution < -0.4 is 24.8 Å². The fourth-order valence-electron chi connectivity index (χ4n) is 2.44. The standard InChI is InChI=1S/C20H26BrN3O3.HI/c1-14(27-17-8-6-5-7-16(17)21)12-23-20(22-2)24-13-15-9-10-18(25-3)19(11-15)26-4;/h5-11,14H,12-13H2,1-4H3,(H2,22,23,24);1H. The van der Waals surface area contributed by atoms with Crippen molar-refractivity contribution in [1.29, 1.82) is 0 Å². The minimum Gasteiger partial charge on any atom is -0.493 e. The molecule has 0 aliphatic carbocycles. The molecule has 8 heteroatoms. The van der Waals surface area contributed by atoms with Crippen LogP contribution in [0.15, 0.2) is 51.9 Å². The number of nitrogens with zero attached hydrogens (tertiary/aromatic N) is 1. The molecule has 2 rings (SSSR count). The first-order valence-corrected chi connectivity index (χ1v) is 9.43. The second-order valence-electron chi connectivity index (χ2n) is 5.85. The molecule has 28 heavy (non-hydrogen) atoms. The van der Waals surface area contributed by atoms with Crippen molar-refractivity contribution in [2.24, 2.45) is 4.99 Å². The van der Waals surface area contributed by atoms with Gasteiger partial charge in [-0.05, 0) is 52.7 Å². The van der Waals surface area contributed by atoms with Gasteiger partial charge in [0.25, 0.3) is 0 Å². The maximum Gasteiger partial charge on any atom is 0.191 e. The van der Waals surface area contributed by atoms with Gasteiger partial charge >= 0.3 is 0 Å². The first-order valence-electron chi connectivity index (χ1n) is 8.64. The van der Waals surface area contributed by atoms with E-state index >= 15 is 0 Å². The van der Waals surface area contributed by atoms with E-state index in [0.717, 1.165) is 15.8 Å². The van der Waals surface area contributed by atoms with Crippen molar-refractivity contribution in [3.05, 3.63) is 52.5 Å². The summed E-state index contributed by atoms with van der Waals surface area (Å²) < 4.78 is 17.5. The van der Waals surface area contributed by atoms with Gasteiger partial charge in [0.15, 0.2) is 17.5 Å². The number of ether oxygens (including phenoxy) is 3. The number of para-hydroxylation sites is 1. The number of methoxy groups -OCH3 is 2. The van der Waals surface area contributed by atoms with Crippen LogP contribution in [0.3, 0.4) is 0 Å². The summed E-state index contributed by atoms with van der Waals surface area (Å²) in [5, 5.41) is 6.56. The number of benzene rings is 2. The fourth-order valence-corrected chi connectivity index (χ4v) is 2.81. The van der Waals surface area contributed by atoms with Crippen molar-refractivity contribution < 1.29 is 14.2 Å². The van der Waals surface area contributed by atoms with Crippen LogP contribution in [0.25, 0.3) is 0 Å². The highest BCUT2D eigenvalue weighted by Crippen LogP contribution is 2.27. The Balaban J connectivity index is 0.00000392. The number of halogens is 2. The molecule has 0 saturated heterocycles. The van der Waals surface area contributed by atoms with Gasteiger partial charge in [-0.2, -0.15) is 0 Å². The minimum atomic E-state index is -0.0247. The van der Waals surface area contributed by atoms with Gasteiger partial charge in [-0.1, -0.05) is 18.2 Å². The molecular formula is C20H27BrIN3O3. The highest BCUT2D eigenvalue weighted by molar-refractivity contribution is 14.0. The lowest BCUT2D eigenvalue weighted by atomic mass is 10.2. The van der Waals surface area contributed by atoms with Gasteiger partial charge in [0.1, 0.15) is 11.9 Å². The average molecular weight is 564 g/mol. The number of nitrogens with one attached hydrogen (secondary N) is 2. The van der Waals surface area contributed by atoms with Crippen LogP contribution >= 0.6 is 39.9 Å². The van der Waals surface area contributed by atoms with Crippen LogP contribution in [0.4, 0.5) is 0 Å². The summed E-state index contributed by atoms with van der Waals surface area (Å²) in [6.07, 6.45) is -0.0247. The molecule has 2 aromatic carbocycles. The fraction of sp³-hybridized carbons (Fsp3) is 0.350. The van der Waals surface area contributed by atoms with Crippen molar-refractivity contribution in [2.45, 2.75) is 19.6 Å². The van der Waals surface area contributed by atoms with E-state index in [1.807, 2.05) is 49.4 Å². The largest absolute Gasteiger partial charge is 0.493 e. The van der Waals surface area contributed by atoms with Crippen molar-refractivity contribution in [2.75, 3.05) is 27.8 Å². The van der Waals surface area contributed by atoms with Crippen LogP contribution in [0.5, 0.6) is 17.2 Å². The number of hydrogen-bond acceptors (Lipinski definition) is 4. The van der Waals surface area contributed by atoms with E-state index in [1.54, 1.807) is 21.3 Å². The summed E-state index contributed by atoms with van der Waals surface area (Å²) in [5.41, 5.74) is 1.06. The third-order valence-electron chi connectivity index (χ3n) is 3.85. The van der Waals surface area contributed by atoms with Gasteiger partial charge in [0.2, 0.25) is 0 Å². The second-order valence-corrected chi connectivity index (χ2v) is 6.71. The number of hydrogen-bond donors (Lipinski definition) is 2. The Morgan fingerprint density at radius 3 is 2.39 bits per heavy atom. The number of guanidine groups is 1. The zero-order valence-corrected chi connectivity index (χ0v) is 20.4. The molecule has 0 amide bonds. The monoisotopic (exact) mass is 563 g/mol. The summed E-state index contributed by atoms with van der Waals surface area (Å²) in [6, 6.07) is 13.6. The van der Waals surface area contributed by atoms with Gasteiger partial charge in [-0.15, -0.1) is 24.0 Å². The van der Waals surface area contributed by atoms with E-state index in [0.29, 0.717) is 30.5 Å². The quantitative estimate of drug-likeness (QED) is 0.286. The third kappa shape index (κ3) is 7.38. The molecule has 154 valence electrons. The van der Waals surface area contributed by atoms with Crippen molar-refractivity contribution in [3.63, 3.8) is 0 Å². The van der Waals surface area contributed by atoms with Crippen LogP contribution in [0.1, 0.15) is 12.5 Å². The Morgan fingerprint density at radius 2 is 1.75 bits per heavy atom. The predicted octanol–water partition coefficient (Wildman–Crippen LogP) is 4.22. The molecule has 0 bridgehead atoms. The molecule has 0 spiro atoms. The van der Waals surface area contributed by atoms with Crippen LogP contribution in [0.2, 0.25) is 0 Å².